The molecule has 1 aromatic carbocycles. The van der Waals surface area contributed by atoms with Gasteiger partial charge in [-0.15, -0.1) is 0 Å². The Morgan fingerprint density at radius 3 is 2.76 bits per heavy atom. The number of aryl methyl sites for hydroxylation is 2. The number of ether oxygens (including phenoxy) is 1. The molecule has 0 bridgehead atoms. The monoisotopic (exact) mass is 291 g/mol. The lowest BCUT2D eigenvalue weighted by atomic mass is 9.86. The van der Waals surface area contributed by atoms with E-state index in [9.17, 15) is 5.11 Å². The standard InChI is InChI=1S/C18H29NO2/c1-13-10-14(2)15(3)17(11-13)21-9-7-16-6-5-8-18(16,12-20)19-4/h10-11,16,19-20H,5-9,12H2,1-4H3. The first-order chi connectivity index (χ1) is 10.0. The van der Waals surface area contributed by atoms with Crippen LogP contribution < -0.4 is 10.1 Å². The fourth-order valence-corrected chi connectivity index (χ4v) is 3.64. The quantitative estimate of drug-likeness (QED) is 0.846. The van der Waals surface area contributed by atoms with E-state index in [4.69, 9.17) is 4.74 Å². The van der Waals surface area contributed by atoms with Gasteiger partial charge in [-0.1, -0.05) is 12.5 Å². The Balaban J connectivity index is 1.96. The van der Waals surface area contributed by atoms with E-state index in [0.717, 1.165) is 25.2 Å². The van der Waals surface area contributed by atoms with Gasteiger partial charge in [0.15, 0.2) is 0 Å². The Bertz CT molecular complexity index is 480. The van der Waals surface area contributed by atoms with Crippen molar-refractivity contribution >= 4 is 0 Å². The number of nitrogens with one attached hydrogen (secondary N) is 1. The molecule has 3 nitrogen and oxygen atoms in total. The number of rotatable bonds is 6. The van der Waals surface area contributed by atoms with Crippen molar-refractivity contribution < 1.29 is 9.84 Å². The molecule has 0 heterocycles. The van der Waals surface area contributed by atoms with Gasteiger partial charge in [0, 0.05) is 5.54 Å². The molecule has 21 heavy (non-hydrogen) atoms. The molecular weight excluding hydrogens is 262 g/mol. The Labute approximate surface area is 128 Å². The summed E-state index contributed by atoms with van der Waals surface area (Å²) in [4.78, 5) is 0. The van der Waals surface area contributed by atoms with Gasteiger partial charge in [-0.2, -0.15) is 0 Å². The molecule has 2 rings (SSSR count). The van der Waals surface area contributed by atoms with Crippen molar-refractivity contribution in [2.24, 2.45) is 5.92 Å². The lowest BCUT2D eigenvalue weighted by molar-refractivity contribution is 0.117. The summed E-state index contributed by atoms with van der Waals surface area (Å²) in [5.41, 5.74) is 3.66. The number of benzene rings is 1. The van der Waals surface area contributed by atoms with E-state index in [1.807, 2.05) is 7.05 Å². The van der Waals surface area contributed by atoms with Gasteiger partial charge < -0.3 is 15.2 Å². The number of hydrogen-bond donors (Lipinski definition) is 2. The molecule has 2 unspecified atom stereocenters. The molecule has 118 valence electrons. The van der Waals surface area contributed by atoms with Crippen molar-refractivity contribution in [3.05, 3.63) is 28.8 Å². The van der Waals surface area contributed by atoms with Gasteiger partial charge in [0.2, 0.25) is 0 Å². The number of likely N-dealkylation sites (N-methyl/N-ethyl adjacent to an activating group) is 1. The third kappa shape index (κ3) is 3.41. The van der Waals surface area contributed by atoms with Crippen LogP contribution in [0.15, 0.2) is 12.1 Å². The molecule has 0 saturated heterocycles. The molecule has 1 aromatic rings. The van der Waals surface area contributed by atoms with Crippen LogP contribution in [0.2, 0.25) is 0 Å². The van der Waals surface area contributed by atoms with Gasteiger partial charge >= 0.3 is 0 Å². The molecule has 1 saturated carbocycles. The van der Waals surface area contributed by atoms with Crippen LogP contribution >= 0.6 is 0 Å². The molecule has 0 aliphatic heterocycles. The summed E-state index contributed by atoms with van der Waals surface area (Å²) in [7, 11) is 1.96. The van der Waals surface area contributed by atoms with Crippen LogP contribution in [-0.2, 0) is 0 Å². The maximum atomic E-state index is 9.72. The average Bonchev–Trinajstić information content (AvgIpc) is 2.87. The Kier molecular flexibility index (Phi) is 5.28. The van der Waals surface area contributed by atoms with Crippen molar-refractivity contribution in [1.82, 2.24) is 5.32 Å². The molecule has 1 fully saturated rings. The van der Waals surface area contributed by atoms with Crippen molar-refractivity contribution in [1.29, 1.82) is 0 Å². The molecule has 0 amide bonds. The van der Waals surface area contributed by atoms with Gasteiger partial charge in [0.1, 0.15) is 5.75 Å². The summed E-state index contributed by atoms with van der Waals surface area (Å²) >= 11 is 0. The zero-order chi connectivity index (χ0) is 15.5. The van der Waals surface area contributed by atoms with Gasteiger partial charge in [0.25, 0.3) is 0 Å². The fourth-order valence-electron chi connectivity index (χ4n) is 3.64. The highest BCUT2D eigenvalue weighted by Crippen LogP contribution is 2.37. The molecule has 0 aromatic heterocycles. The van der Waals surface area contributed by atoms with E-state index >= 15 is 0 Å². The first-order valence-electron chi connectivity index (χ1n) is 8.03. The molecule has 1 aliphatic carbocycles. The van der Waals surface area contributed by atoms with E-state index in [1.54, 1.807) is 0 Å². The predicted octanol–water partition coefficient (Wildman–Crippen LogP) is 3.13. The average molecular weight is 291 g/mol. The van der Waals surface area contributed by atoms with E-state index in [1.165, 1.54) is 29.5 Å². The molecular formula is C18H29NO2. The van der Waals surface area contributed by atoms with Gasteiger partial charge in [-0.05, 0) is 75.8 Å². The second kappa shape index (κ2) is 6.80. The van der Waals surface area contributed by atoms with Crippen molar-refractivity contribution in [3.8, 4) is 5.75 Å². The smallest absolute Gasteiger partial charge is 0.122 e. The Morgan fingerprint density at radius 2 is 2.10 bits per heavy atom. The SMILES string of the molecule is CNC1(CO)CCCC1CCOc1cc(C)cc(C)c1C. The Morgan fingerprint density at radius 1 is 1.33 bits per heavy atom. The summed E-state index contributed by atoms with van der Waals surface area (Å²) in [6.07, 6.45) is 4.42. The van der Waals surface area contributed by atoms with Crippen molar-refractivity contribution in [2.75, 3.05) is 20.3 Å². The summed E-state index contributed by atoms with van der Waals surface area (Å²) in [6, 6.07) is 4.31. The molecule has 0 radical (unpaired) electrons. The largest absolute Gasteiger partial charge is 0.493 e. The number of hydrogen-bond acceptors (Lipinski definition) is 3. The van der Waals surface area contributed by atoms with Crippen LogP contribution in [-0.4, -0.2) is 30.9 Å². The second-order valence-corrected chi connectivity index (χ2v) is 6.50. The maximum absolute atomic E-state index is 9.72. The summed E-state index contributed by atoms with van der Waals surface area (Å²) in [5, 5.41) is 13.1. The first kappa shape index (κ1) is 16.3. The second-order valence-electron chi connectivity index (χ2n) is 6.50. The molecule has 2 N–H and O–H groups in total. The van der Waals surface area contributed by atoms with E-state index in [0.29, 0.717) is 5.92 Å². The molecule has 1 aliphatic rings. The summed E-state index contributed by atoms with van der Waals surface area (Å²) in [6.45, 7) is 7.29. The maximum Gasteiger partial charge on any atom is 0.122 e. The zero-order valence-electron chi connectivity index (χ0n) is 13.8. The lowest BCUT2D eigenvalue weighted by Crippen LogP contribution is -2.49. The van der Waals surface area contributed by atoms with Crippen LogP contribution in [0.4, 0.5) is 0 Å². The minimum Gasteiger partial charge on any atom is -0.493 e. The van der Waals surface area contributed by atoms with Crippen LogP contribution in [0.25, 0.3) is 0 Å². The first-order valence-corrected chi connectivity index (χ1v) is 8.03. The molecule has 0 spiro atoms. The van der Waals surface area contributed by atoms with Crippen molar-refractivity contribution in [3.63, 3.8) is 0 Å². The topological polar surface area (TPSA) is 41.5 Å². The highest BCUT2D eigenvalue weighted by Gasteiger charge is 2.40. The zero-order valence-corrected chi connectivity index (χ0v) is 13.8. The van der Waals surface area contributed by atoms with Crippen LogP contribution in [0.5, 0.6) is 5.75 Å². The third-order valence-electron chi connectivity index (χ3n) is 5.22. The molecule has 2 atom stereocenters. The van der Waals surface area contributed by atoms with Gasteiger partial charge in [-0.25, -0.2) is 0 Å². The fraction of sp³-hybridized carbons (Fsp3) is 0.667. The van der Waals surface area contributed by atoms with Crippen LogP contribution in [0, 0.1) is 26.7 Å². The summed E-state index contributed by atoms with van der Waals surface area (Å²) in [5.74, 6) is 1.50. The van der Waals surface area contributed by atoms with Gasteiger partial charge in [-0.3, -0.25) is 0 Å². The number of aliphatic hydroxyl groups excluding tert-OH is 1. The summed E-state index contributed by atoms with van der Waals surface area (Å²) < 4.78 is 6.03. The van der Waals surface area contributed by atoms with E-state index in [2.05, 4.69) is 38.2 Å². The predicted molar refractivity (Wildman–Crippen MR) is 87.0 cm³/mol. The normalized spacial score (nSPS) is 25.3. The highest BCUT2D eigenvalue weighted by molar-refractivity contribution is 5.41. The van der Waals surface area contributed by atoms with Crippen molar-refractivity contribution in [2.45, 2.75) is 52.0 Å². The minimum absolute atomic E-state index is 0.0963. The van der Waals surface area contributed by atoms with Gasteiger partial charge in [0.05, 0.1) is 13.2 Å². The van der Waals surface area contributed by atoms with Crippen LogP contribution in [0.1, 0.15) is 42.4 Å². The minimum atomic E-state index is -0.0963. The molecule has 3 heteroatoms. The van der Waals surface area contributed by atoms with E-state index in [-0.39, 0.29) is 12.1 Å². The number of aliphatic hydroxyl groups is 1. The van der Waals surface area contributed by atoms with E-state index < -0.39 is 0 Å². The Hall–Kier alpha value is -1.06. The highest BCUT2D eigenvalue weighted by atomic mass is 16.5. The third-order valence-corrected chi connectivity index (χ3v) is 5.22. The lowest BCUT2D eigenvalue weighted by Gasteiger charge is -2.33. The van der Waals surface area contributed by atoms with Crippen LogP contribution in [0.3, 0.4) is 0 Å².